The molecule has 1 aromatic rings. The number of carbonyl (C=O) groups excluding carboxylic acids is 1. The van der Waals surface area contributed by atoms with Crippen LogP contribution in [0, 0.1) is 23.2 Å². The first-order valence-corrected chi connectivity index (χ1v) is 13.5. The maximum absolute atomic E-state index is 12.7. The number of piperidine rings is 2. The van der Waals surface area contributed by atoms with Crippen molar-refractivity contribution in [3.05, 3.63) is 35.4 Å². The first-order valence-electron chi connectivity index (χ1n) is 12.0. The smallest absolute Gasteiger partial charge is 0.216 e. The zero-order chi connectivity index (χ0) is 22.9. The standard InChI is InChI=1S/C25H35N3O3S/c1-17(2)32(30,31)28-11-9-21(10-12-28)20-5-3-18(4-6-20)13-19(16-26)14-24(29)25-22-7-8-23(15-22)27-25/h3-6,17,19,21-23,25,27H,7-15H2,1-2H3/t19-,22+,23-,25+/m1/s1. The molecule has 2 aliphatic heterocycles. The lowest BCUT2D eigenvalue weighted by molar-refractivity contribution is -0.122. The van der Waals surface area contributed by atoms with Crippen LogP contribution in [0.5, 0.6) is 0 Å². The fourth-order valence-corrected chi connectivity index (χ4v) is 7.02. The second-order valence-electron chi connectivity index (χ2n) is 10.1. The summed E-state index contributed by atoms with van der Waals surface area (Å²) < 4.78 is 26.4. The monoisotopic (exact) mass is 457 g/mol. The molecular formula is C25H35N3O3S. The largest absolute Gasteiger partial charge is 0.304 e. The summed E-state index contributed by atoms with van der Waals surface area (Å²) in [6.07, 6.45) is 5.99. The SMILES string of the molecule is CC(C)S(=O)(=O)N1CCC(c2ccc(C[C@@H](C#N)CC(=O)[C@H]3N[C@@H]4CC[C@H]3C4)cc2)CC1. The predicted octanol–water partition coefficient (Wildman–Crippen LogP) is 3.39. The van der Waals surface area contributed by atoms with Crippen LogP contribution in [0.2, 0.25) is 0 Å². The number of sulfonamides is 1. The van der Waals surface area contributed by atoms with E-state index in [-0.39, 0.29) is 23.0 Å². The average molecular weight is 458 g/mol. The van der Waals surface area contributed by atoms with E-state index >= 15 is 0 Å². The fraction of sp³-hybridized carbons (Fsp3) is 0.680. The van der Waals surface area contributed by atoms with E-state index in [9.17, 15) is 18.5 Å². The molecule has 1 aliphatic carbocycles. The number of rotatable bonds is 8. The molecule has 1 N–H and O–H groups in total. The summed E-state index contributed by atoms with van der Waals surface area (Å²) in [5.74, 6) is 0.732. The molecule has 3 aliphatic rings. The van der Waals surface area contributed by atoms with E-state index in [1.807, 2.05) is 0 Å². The van der Waals surface area contributed by atoms with Gasteiger partial charge in [0, 0.05) is 25.6 Å². The van der Waals surface area contributed by atoms with E-state index in [0.29, 0.717) is 43.8 Å². The highest BCUT2D eigenvalue weighted by molar-refractivity contribution is 7.89. The quantitative estimate of drug-likeness (QED) is 0.646. The normalized spacial score (nSPS) is 27.5. The summed E-state index contributed by atoms with van der Waals surface area (Å²) >= 11 is 0. The van der Waals surface area contributed by atoms with Crippen molar-refractivity contribution < 1.29 is 13.2 Å². The minimum atomic E-state index is -3.18. The van der Waals surface area contributed by atoms with E-state index in [0.717, 1.165) is 31.2 Å². The molecule has 4 atom stereocenters. The third-order valence-electron chi connectivity index (χ3n) is 7.68. The van der Waals surface area contributed by atoms with Crippen LogP contribution in [0.3, 0.4) is 0 Å². The van der Waals surface area contributed by atoms with Gasteiger partial charge in [0.05, 0.1) is 23.3 Å². The number of benzene rings is 1. The van der Waals surface area contributed by atoms with Gasteiger partial charge in [-0.05, 0) is 75.3 Å². The van der Waals surface area contributed by atoms with E-state index in [1.165, 1.54) is 12.0 Å². The number of nitrogens with one attached hydrogen (secondary N) is 1. The second-order valence-corrected chi connectivity index (χ2v) is 12.6. The first-order chi connectivity index (χ1) is 15.3. The van der Waals surface area contributed by atoms with E-state index in [2.05, 4.69) is 35.7 Å². The number of Topliss-reactive ketones (excluding diaryl/α,β-unsaturated/α-hetero) is 1. The highest BCUT2D eigenvalue weighted by Gasteiger charge is 2.42. The lowest BCUT2D eigenvalue weighted by atomic mass is 9.87. The van der Waals surface area contributed by atoms with Gasteiger partial charge in [0.25, 0.3) is 0 Å². The molecule has 0 aromatic heterocycles. The van der Waals surface area contributed by atoms with Gasteiger partial charge in [-0.3, -0.25) is 4.79 Å². The van der Waals surface area contributed by atoms with Gasteiger partial charge < -0.3 is 5.32 Å². The van der Waals surface area contributed by atoms with Gasteiger partial charge in [-0.25, -0.2) is 12.7 Å². The Morgan fingerprint density at radius 3 is 2.38 bits per heavy atom. The van der Waals surface area contributed by atoms with E-state index in [4.69, 9.17) is 0 Å². The van der Waals surface area contributed by atoms with Gasteiger partial charge in [0.1, 0.15) is 0 Å². The van der Waals surface area contributed by atoms with Crippen LogP contribution in [-0.4, -0.2) is 48.9 Å². The molecule has 32 heavy (non-hydrogen) atoms. The maximum Gasteiger partial charge on any atom is 0.216 e. The number of carbonyl (C=O) groups is 1. The summed E-state index contributed by atoms with van der Waals surface area (Å²) in [4.78, 5) is 12.7. The van der Waals surface area contributed by atoms with Gasteiger partial charge in [-0.15, -0.1) is 0 Å². The number of ketones is 1. The molecule has 2 heterocycles. The summed E-state index contributed by atoms with van der Waals surface area (Å²) in [5.41, 5.74) is 2.31. The van der Waals surface area contributed by atoms with Gasteiger partial charge in [0.15, 0.2) is 5.78 Å². The number of nitriles is 1. The number of fused-ring (bicyclic) bond motifs is 2. The highest BCUT2D eigenvalue weighted by atomic mass is 32.2. The Bertz CT molecular complexity index is 959. The molecule has 1 aromatic carbocycles. The number of hydrogen-bond donors (Lipinski definition) is 1. The summed E-state index contributed by atoms with van der Waals surface area (Å²) in [6.45, 7) is 4.61. The van der Waals surface area contributed by atoms with E-state index in [1.54, 1.807) is 18.2 Å². The fourth-order valence-electron chi connectivity index (χ4n) is 5.70. The third kappa shape index (κ3) is 4.93. The molecule has 4 rings (SSSR count). The Labute approximate surface area is 192 Å². The molecule has 6 nitrogen and oxygen atoms in total. The van der Waals surface area contributed by atoms with Gasteiger partial charge in [0.2, 0.25) is 10.0 Å². The summed E-state index contributed by atoms with van der Waals surface area (Å²) in [7, 11) is -3.18. The molecule has 0 unspecified atom stereocenters. The Balaban J connectivity index is 1.30. The van der Waals surface area contributed by atoms with Gasteiger partial charge >= 0.3 is 0 Å². The Morgan fingerprint density at radius 2 is 1.84 bits per heavy atom. The van der Waals surface area contributed by atoms with Crippen molar-refractivity contribution in [2.45, 2.75) is 82.0 Å². The molecule has 2 bridgehead atoms. The van der Waals surface area contributed by atoms with Gasteiger partial charge in [-0.2, -0.15) is 5.26 Å². The average Bonchev–Trinajstić information content (AvgIpc) is 3.43. The lowest BCUT2D eigenvalue weighted by Gasteiger charge is -2.32. The van der Waals surface area contributed by atoms with Crippen LogP contribution in [-0.2, 0) is 21.2 Å². The van der Waals surface area contributed by atoms with Crippen LogP contribution >= 0.6 is 0 Å². The molecule has 7 heteroatoms. The topological polar surface area (TPSA) is 90.3 Å². The zero-order valence-electron chi connectivity index (χ0n) is 19.2. The van der Waals surface area contributed by atoms with Crippen molar-refractivity contribution in [3.63, 3.8) is 0 Å². The van der Waals surface area contributed by atoms with Crippen molar-refractivity contribution in [2.24, 2.45) is 11.8 Å². The van der Waals surface area contributed by atoms with Crippen molar-refractivity contribution in [3.8, 4) is 6.07 Å². The van der Waals surface area contributed by atoms with Crippen LogP contribution in [0.1, 0.15) is 69.4 Å². The molecule has 2 saturated heterocycles. The van der Waals surface area contributed by atoms with E-state index < -0.39 is 10.0 Å². The van der Waals surface area contributed by atoms with Crippen LogP contribution in [0.4, 0.5) is 0 Å². The van der Waals surface area contributed by atoms with Gasteiger partial charge in [-0.1, -0.05) is 24.3 Å². The molecule has 0 amide bonds. The lowest BCUT2D eigenvalue weighted by Crippen LogP contribution is -2.42. The van der Waals surface area contributed by atoms with Crippen molar-refractivity contribution >= 4 is 15.8 Å². The molecular weight excluding hydrogens is 422 g/mol. The molecule has 1 saturated carbocycles. The zero-order valence-corrected chi connectivity index (χ0v) is 20.0. The molecule has 174 valence electrons. The minimum Gasteiger partial charge on any atom is -0.304 e. The highest BCUT2D eigenvalue weighted by Crippen LogP contribution is 2.36. The van der Waals surface area contributed by atoms with Crippen LogP contribution in [0.15, 0.2) is 24.3 Å². The maximum atomic E-state index is 12.7. The first kappa shape index (κ1) is 23.4. The Kier molecular flexibility index (Phi) is 7.04. The predicted molar refractivity (Wildman–Crippen MR) is 125 cm³/mol. The van der Waals surface area contributed by atoms with Crippen molar-refractivity contribution in [1.29, 1.82) is 5.26 Å². The van der Waals surface area contributed by atoms with Crippen molar-refractivity contribution in [2.75, 3.05) is 13.1 Å². The van der Waals surface area contributed by atoms with Crippen molar-refractivity contribution in [1.82, 2.24) is 9.62 Å². The van der Waals surface area contributed by atoms with Crippen LogP contribution in [0.25, 0.3) is 0 Å². The molecule has 3 fully saturated rings. The Hall–Kier alpha value is -1.75. The molecule has 0 spiro atoms. The molecule has 0 radical (unpaired) electrons. The summed E-state index contributed by atoms with van der Waals surface area (Å²) in [5, 5.41) is 12.7. The number of nitrogens with zero attached hydrogens (tertiary/aromatic N) is 2. The minimum absolute atomic E-state index is 0.0441. The number of hydrogen-bond acceptors (Lipinski definition) is 5. The third-order valence-corrected chi connectivity index (χ3v) is 9.96. The van der Waals surface area contributed by atoms with Crippen LogP contribution < -0.4 is 5.32 Å². The second kappa shape index (κ2) is 9.62. The Morgan fingerprint density at radius 1 is 1.16 bits per heavy atom. The summed E-state index contributed by atoms with van der Waals surface area (Å²) in [6, 6.07) is 11.2.